The van der Waals surface area contributed by atoms with Crippen molar-refractivity contribution >= 4 is 10.9 Å². The number of hydrogen-bond donors (Lipinski definition) is 1. The minimum absolute atomic E-state index is 0.0842. The molecule has 182 valence electrons. The standard InChI is InChI=1S/C28H23F3N4O/c1-18-21-15-20(27(36,24-10-6-7-13-33-24)25-16-32-17-35(25)2)11-12-23(21)34-26(28(29,30)31)22(18)14-19-8-4-3-5-9-19/h3-13,15-17,36H,14H2,1-2H3. The predicted octanol–water partition coefficient (Wildman–Crippen LogP) is 5.57. The van der Waals surface area contributed by atoms with E-state index in [1.807, 2.05) is 6.07 Å². The maximum Gasteiger partial charge on any atom is 0.433 e. The van der Waals surface area contributed by atoms with Gasteiger partial charge in [0.05, 0.1) is 29.4 Å². The number of aryl methyl sites for hydroxylation is 2. The van der Waals surface area contributed by atoms with E-state index >= 15 is 0 Å². The van der Waals surface area contributed by atoms with Gasteiger partial charge in [-0.3, -0.25) is 4.98 Å². The van der Waals surface area contributed by atoms with Crippen LogP contribution in [0.5, 0.6) is 0 Å². The van der Waals surface area contributed by atoms with Gasteiger partial charge in [-0.05, 0) is 59.9 Å². The average Bonchev–Trinajstić information content (AvgIpc) is 3.31. The summed E-state index contributed by atoms with van der Waals surface area (Å²) >= 11 is 0. The fourth-order valence-corrected chi connectivity index (χ4v) is 4.65. The SMILES string of the molecule is Cc1c(Cc2ccccc2)c(C(F)(F)F)nc2ccc(C(O)(c3ccccn3)c3cncn3C)cc12. The number of benzene rings is 2. The van der Waals surface area contributed by atoms with Crippen LogP contribution in [0.4, 0.5) is 13.2 Å². The lowest BCUT2D eigenvalue weighted by Crippen LogP contribution is -2.32. The summed E-state index contributed by atoms with van der Waals surface area (Å²) in [5.41, 5.74) is 0.250. The first kappa shape index (κ1) is 23.7. The number of hydrogen-bond acceptors (Lipinski definition) is 4. The van der Waals surface area contributed by atoms with Gasteiger partial charge in [0.15, 0.2) is 5.60 Å². The summed E-state index contributed by atoms with van der Waals surface area (Å²) in [7, 11) is 1.76. The molecule has 0 bridgehead atoms. The Hall–Kier alpha value is -4.04. The van der Waals surface area contributed by atoms with Crippen LogP contribution in [-0.4, -0.2) is 24.6 Å². The highest BCUT2D eigenvalue weighted by molar-refractivity contribution is 5.85. The Morgan fingerprint density at radius 3 is 2.36 bits per heavy atom. The second kappa shape index (κ2) is 8.87. The third-order valence-corrected chi connectivity index (χ3v) is 6.50. The highest BCUT2D eigenvalue weighted by atomic mass is 19.4. The molecule has 1 atom stereocenters. The van der Waals surface area contributed by atoms with Gasteiger partial charge in [0.1, 0.15) is 5.69 Å². The summed E-state index contributed by atoms with van der Waals surface area (Å²) in [6, 6.07) is 19.0. The summed E-state index contributed by atoms with van der Waals surface area (Å²) in [6.07, 6.45) is 0.187. The van der Waals surface area contributed by atoms with E-state index in [1.54, 1.807) is 91.9 Å². The van der Waals surface area contributed by atoms with E-state index in [2.05, 4.69) is 15.0 Å². The second-order valence-electron chi connectivity index (χ2n) is 8.77. The Labute approximate surface area is 205 Å². The zero-order valence-corrected chi connectivity index (χ0v) is 19.7. The largest absolute Gasteiger partial charge is 0.433 e. The van der Waals surface area contributed by atoms with Gasteiger partial charge in [-0.1, -0.05) is 42.5 Å². The van der Waals surface area contributed by atoms with E-state index in [0.717, 1.165) is 5.56 Å². The lowest BCUT2D eigenvalue weighted by Gasteiger charge is -2.29. The Morgan fingerprint density at radius 1 is 0.972 bits per heavy atom. The van der Waals surface area contributed by atoms with E-state index in [0.29, 0.717) is 27.9 Å². The number of rotatable bonds is 5. The summed E-state index contributed by atoms with van der Waals surface area (Å²) < 4.78 is 43.9. The van der Waals surface area contributed by atoms with Gasteiger partial charge in [0.2, 0.25) is 0 Å². The average molecular weight is 489 g/mol. The molecule has 0 radical (unpaired) electrons. The first-order valence-corrected chi connectivity index (χ1v) is 11.3. The fourth-order valence-electron chi connectivity index (χ4n) is 4.65. The van der Waals surface area contributed by atoms with Crippen LogP contribution < -0.4 is 0 Å². The molecule has 36 heavy (non-hydrogen) atoms. The van der Waals surface area contributed by atoms with Crippen LogP contribution in [0.25, 0.3) is 10.9 Å². The quantitative estimate of drug-likeness (QED) is 0.352. The van der Waals surface area contributed by atoms with Gasteiger partial charge < -0.3 is 9.67 Å². The van der Waals surface area contributed by atoms with Crippen LogP contribution in [0.3, 0.4) is 0 Å². The highest BCUT2D eigenvalue weighted by Gasteiger charge is 2.39. The number of imidazole rings is 1. The van der Waals surface area contributed by atoms with Crippen molar-refractivity contribution in [3.63, 3.8) is 0 Å². The second-order valence-corrected chi connectivity index (χ2v) is 8.77. The molecule has 3 aromatic heterocycles. The number of pyridine rings is 2. The molecule has 0 fully saturated rings. The molecular formula is C28H23F3N4O. The number of nitrogens with zero attached hydrogens (tertiary/aromatic N) is 4. The van der Waals surface area contributed by atoms with Crippen LogP contribution in [0.2, 0.25) is 0 Å². The Kier molecular flexibility index (Phi) is 5.84. The minimum atomic E-state index is -4.61. The molecule has 0 amide bonds. The molecule has 0 aliphatic heterocycles. The Bertz CT molecular complexity index is 1530. The van der Waals surface area contributed by atoms with Crippen molar-refractivity contribution in [2.24, 2.45) is 7.05 Å². The van der Waals surface area contributed by atoms with Crippen LogP contribution in [-0.2, 0) is 25.2 Å². The molecule has 3 heterocycles. The van der Waals surface area contributed by atoms with Gasteiger partial charge in [0, 0.05) is 18.6 Å². The number of aromatic nitrogens is 4. The number of aliphatic hydroxyl groups is 1. The van der Waals surface area contributed by atoms with E-state index in [4.69, 9.17) is 0 Å². The first-order valence-electron chi connectivity index (χ1n) is 11.3. The van der Waals surface area contributed by atoms with Crippen LogP contribution in [0.15, 0.2) is 85.5 Å². The van der Waals surface area contributed by atoms with Crippen LogP contribution >= 0.6 is 0 Å². The maximum absolute atomic E-state index is 14.1. The molecular weight excluding hydrogens is 465 g/mol. The molecule has 2 aromatic carbocycles. The van der Waals surface area contributed by atoms with E-state index in [-0.39, 0.29) is 17.5 Å². The molecule has 0 spiro atoms. The van der Waals surface area contributed by atoms with Crippen LogP contribution in [0.1, 0.15) is 39.3 Å². The van der Waals surface area contributed by atoms with Gasteiger partial charge in [-0.25, -0.2) is 9.97 Å². The van der Waals surface area contributed by atoms with E-state index in [1.165, 1.54) is 6.07 Å². The zero-order chi connectivity index (χ0) is 25.5. The van der Waals surface area contributed by atoms with Crippen molar-refractivity contribution in [3.8, 4) is 0 Å². The van der Waals surface area contributed by atoms with Crippen molar-refractivity contribution < 1.29 is 18.3 Å². The Morgan fingerprint density at radius 2 is 1.72 bits per heavy atom. The molecule has 0 saturated carbocycles. The molecule has 8 heteroatoms. The fraction of sp³-hybridized carbons (Fsp3) is 0.179. The lowest BCUT2D eigenvalue weighted by atomic mass is 9.85. The smallest absolute Gasteiger partial charge is 0.373 e. The first-order chi connectivity index (χ1) is 17.2. The minimum Gasteiger partial charge on any atom is -0.373 e. The third kappa shape index (κ3) is 4.03. The number of fused-ring (bicyclic) bond motifs is 1. The summed E-state index contributed by atoms with van der Waals surface area (Å²) in [4.78, 5) is 12.6. The van der Waals surface area contributed by atoms with Crippen molar-refractivity contribution in [1.29, 1.82) is 0 Å². The van der Waals surface area contributed by atoms with Crippen molar-refractivity contribution in [2.45, 2.75) is 25.1 Å². The molecule has 5 aromatic rings. The maximum atomic E-state index is 14.1. The van der Waals surface area contributed by atoms with Crippen molar-refractivity contribution in [2.75, 3.05) is 0 Å². The molecule has 5 rings (SSSR count). The van der Waals surface area contributed by atoms with E-state index < -0.39 is 17.5 Å². The van der Waals surface area contributed by atoms with Crippen LogP contribution in [0, 0.1) is 6.92 Å². The molecule has 5 nitrogen and oxygen atoms in total. The Balaban J connectivity index is 1.76. The molecule has 1 N–H and O–H groups in total. The van der Waals surface area contributed by atoms with E-state index in [9.17, 15) is 18.3 Å². The van der Waals surface area contributed by atoms with Gasteiger partial charge in [-0.2, -0.15) is 13.2 Å². The topological polar surface area (TPSA) is 63.8 Å². The monoisotopic (exact) mass is 488 g/mol. The zero-order valence-electron chi connectivity index (χ0n) is 19.7. The van der Waals surface area contributed by atoms with Gasteiger partial charge in [-0.15, -0.1) is 0 Å². The predicted molar refractivity (Wildman–Crippen MR) is 130 cm³/mol. The molecule has 1 unspecified atom stereocenters. The normalized spacial score (nSPS) is 13.6. The summed E-state index contributed by atoms with van der Waals surface area (Å²) in [6.45, 7) is 1.67. The highest BCUT2D eigenvalue weighted by Crippen LogP contribution is 2.40. The molecule has 0 saturated heterocycles. The lowest BCUT2D eigenvalue weighted by molar-refractivity contribution is -0.141. The summed E-state index contributed by atoms with van der Waals surface area (Å²) in [5, 5.41) is 12.6. The van der Waals surface area contributed by atoms with Gasteiger partial charge in [0.25, 0.3) is 0 Å². The van der Waals surface area contributed by atoms with Gasteiger partial charge >= 0.3 is 6.18 Å². The van der Waals surface area contributed by atoms with Crippen molar-refractivity contribution in [3.05, 3.63) is 125 Å². The molecule has 0 aliphatic carbocycles. The summed E-state index contributed by atoms with van der Waals surface area (Å²) in [5.74, 6) is 0. The third-order valence-electron chi connectivity index (χ3n) is 6.50. The number of halogens is 3. The van der Waals surface area contributed by atoms with Crippen molar-refractivity contribution in [1.82, 2.24) is 19.5 Å². The molecule has 0 aliphatic rings. The number of alkyl halides is 3.